The lowest BCUT2D eigenvalue weighted by molar-refractivity contribution is 0.415. The zero-order valence-electron chi connectivity index (χ0n) is 7.82. The molecule has 0 aliphatic heterocycles. The molecule has 0 bridgehead atoms. The van der Waals surface area contributed by atoms with Gasteiger partial charge in [-0.1, -0.05) is 18.2 Å². The lowest BCUT2D eigenvalue weighted by Crippen LogP contribution is -1.81. The molecule has 0 N–H and O–H groups in total. The van der Waals surface area contributed by atoms with E-state index in [9.17, 15) is 0 Å². The third kappa shape index (κ3) is 1.40. The Bertz CT molecular complexity index is 511. The van der Waals surface area contributed by atoms with Crippen molar-refractivity contribution in [1.82, 2.24) is 0 Å². The molecular formula is C12H9NO. The van der Waals surface area contributed by atoms with Gasteiger partial charge in [0.25, 0.3) is 0 Å². The molecule has 0 radical (unpaired) electrons. The Morgan fingerprint density at radius 1 is 1.07 bits per heavy atom. The van der Waals surface area contributed by atoms with E-state index in [2.05, 4.69) is 4.85 Å². The average molecular weight is 183 g/mol. The molecule has 0 spiro atoms. The number of hydrogen-bond acceptors (Lipinski definition) is 1. The minimum atomic E-state index is 0.669. The third-order valence-electron chi connectivity index (χ3n) is 2.16. The van der Waals surface area contributed by atoms with Gasteiger partial charge < -0.3 is 4.74 Å². The van der Waals surface area contributed by atoms with Gasteiger partial charge in [0.1, 0.15) is 5.75 Å². The maximum Gasteiger partial charge on any atom is 0.187 e. The van der Waals surface area contributed by atoms with Crippen molar-refractivity contribution in [1.29, 1.82) is 0 Å². The molecule has 0 saturated heterocycles. The highest BCUT2D eigenvalue weighted by Crippen LogP contribution is 2.24. The molecule has 2 aromatic carbocycles. The van der Waals surface area contributed by atoms with Crippen molar-refractivity contribution in [3.8, 4) is 5.75 Å². The minimum Gasteiger partial charge on any atom is -0.497 e. The largest absolute Gasteiger partial charge is 0.497 e. The Morgan fingerprint density at radius 3 is 2.50 bits per heavy atom. The van der Waals surface area contributed by atoms with Gasteiger partial charge in [-0.05, 0) is 29.0 Å². The normalized spacial score (nSPS) is 9.71. The molecule has 2 nitrogen and oxygen atoms in total. The summed E-state index contributed by atoms with van der Waals surface area (Å²) in [6.45, 7) is 6.90. The van der Waals surface area contributed by atoms with E-state index in [0.29, 0.717) is 5.69 Å². The van der Waals surface area contributed by atoms with Gasteiger partial charge in [-0.3, -0.25) is 0 Å². The monoisotopic (exact) mass is 183 g/mol. The smallest absolute Gasteiger partial charge is 0.187 e. The first-order valence-electron chi connectivity index (χ1n) is 4.29. The highest BCUT2D eigenvalue weighted by molar-refractivity contribution is 5.87. The molecule has 0 fully saturated rings. The third-order valence-corrected chi connectivity index (χ3v) is 2.16. The fraction of sp³-hybridized carbons (Fsp3) is 0.0833. The van der Waals surface area contributed by atoms with Crippen LogP contribution in [0.15, 0.2) is 36.4 Å². The molecule has 0 aliphatic carbocycles. The van der Waals surface area contributed by atoms with Crippen LogP contribution in [0.3, 0.4) is 0 Å². The van der Waals surface area contributed by atoms with E-state index in [1.54, 1.807) is 7.11 Å². The lowest BCUT2D eigenvalue weighted by Gasteiger charge is -2.02. The van der Waals surface area contributed by atoms with Gasteiger partial charge in [0, 0.05) is 0 Å². The maximum atomic E-state index is 6.90. The standard InChI is InChI=1S/C12H9NO/c1-13-11-5-3-10-8-12(14-2)6-4-9(10)7-11/h3-8H,2H3. The number of fused-ring (bicyclic) bond motifs is 1. The number of hydrogen-bond donors (Lipinski definition) is 0. The average Bonchev–Trinajstić information content (AvgIpc) is 2.27. The van der Waals surface area contributed by atoms with Gasteiger partial charge >= 0.3 is 0 Å². The fourth-order valence-corrected chi connectivity index (χ4v) is 1.41. The Labute approximate surface area is 82.6 Å². The highest BCUT2D eigenvalue weighted by atomic mass is 16.5. The van der Waals surface area contributed by atoms with Crippen molar-refractivity contribution < 1.29 is 4.74 Å². The van der Waals surface area contributed by atoms with E-state index < -0.39 is 0 Å². The van der Waals surface area contributed by atoms with Gasteiger partial charge in [-0.25, -0.2) is 4.85 Å². The second-order valence-corrected chi connectivity index (χ2v) is 3.01. The lowest BCUT2D eigenvalue weighted by atomic mass is 10.1. The Morgan fingerprint density at radius 2 is 1.79 bits per heavy atom. The van der Waals surface area contributed by atoms with Crippen molar-refractivity contribution in [2.24, 2.45) is 0 Å². The van der Waals surface area contributed by atoms with Gasteiger partial charge in [-0.2, -0.15) is 0 Å². The summed E-state index contributed by atoms with van der Waals surface area (Å²) < 4.78 is 5.12. The summed E-state index contributed by atoms with van der Waals surface area (Å²) >= 11 is 0. The van der Waals surface area contributed by atoms with Gasteiger partial charge in [0.05, 0.1) is 13.7 Å². The zero-order chi connectivity index (χ0) is 9.97. The maximum absolute atomic E-state index is 6.90. The number of rotatable bonds is 1. The number of methoxy groups -OCH3 is 1. The molecule has 0 unspecified atom stereocenters. The van der Waals surface area contributed by atoms with E-state index in [0.717, 1.165) is 16.5 Å². The zero-order valence-corrected chi connectivity index (χ0v) is 7.82. The first-order valence-corrected chi connectivity index (χ1v) is 4.29. The summed E-state index contributed by atoms with van der Waals surface area (Å²) in [7, 11) is 1.65. The van der Waals surface area contributed by atoms with E-state index in [1.165, 1.54) is 0 Å². The molecule has 0 atom stereocenters. The summed E-state index contributed by atoms with van der Waals surface area (Å²) in [5.41, 5.74) is 0.669. The molecule has 2 aromatic rings. The van der Waals surface area contributed by atoms with Crippen LogP contribution in [0.5, 0.6) is 5.75 Å². The summed E-state index contributed by atoms with van der Waals surface area (Å²) in [4.78, 5) is 3.38. The molecular weight excluding hydrogens is 174 g/mol. The van der Waals surface area contributed by atoms with Crippen LogP contribution in [0.1, 0.15) is 0 Å². The van der Waals surface area contributed by atoms with Crippen molar-refractivity contribution in [3.63, 3.8) is 0 Å². The molecule has 2 heteroatoms. The quantitative estimate of drug-likeness (QED) is 0.618. The number of nitrogens with zero attached hydrogens (tertiary/aromatic N) is 1. The number of benzene rings is 2. The van der Waals surface area contributed by atoms with Crippen LogP contribution in [-0.4, -0.2) is 7.11 Å². The number of ether oxygens (including phenoxy) is 1. The van der Waals surface area contributed by atoms with E-state index in [1.807, 2.05) is 36.4 Å². The van der Waals surface area contributed by atoms with Crippen LogP contribution in [0.2, 0.25) is 0 Å². The predicted molar refractivity (Wildman–Crippen MR) is 56.8 cm³/mol. The van der Waals surface area contributed by atoms with Crippen LogP contribution in [0, 0.1) is 6.57 Å². The summed E-state index contributed by atoms with van der Waals surface area (Å²) in [6.07, 6.45) is 0. The second kappa shape index (κ2) is 3.39. The van der Waals surface area contributed by atoms with Crippen LogP contribution in [-0.2, 0) is 0 Å². The first kappa shape index (κ1) is 8.58. The second-order valence-electron chi connectivity index (χ2n) is 3.01. The highest BCUT2D eigenvalue weighted by Gasteiger charge is 1.97. The molecule has 14 heavy (non-hydrogen) atoms. The van der Waals surface area contributed by atoms with Crippen LogP contribution >= 0.6 is 0 Å². The first-order chi connectivity index (χ1) is 6.83. The van der Waals surface area contributed by atoms with Crippen molar-refractivity contribution >= 4 is 16.5 Å². The van der Waals surface area contributed by atoms with E-state index in [-0.39, 0.29) is 0 Å². The molecule has 0 amide bonds. The van der Waals surface area contributed by atoms with Gasteiger partial charge in [0.2, 0.25) is 0 Å². The van der Waals surface area contributed by atoms with Gasteiger partial charge in [0.15, 0.2) is 5.69 Å². The Hall–Kier alpha value is -2.01. The molecule has 0 aromatic heterocycles. The molecule has 0 aliphatic rings. The predicted octanol–water partition coefficient (Wildman–Crippen LogP) is 3.40. The Balaban J connectivity index is 2.64. The van der Waals surface area contributed by atoms with Crippen LogP contribution in [0.25, 0.3) is 15.6 Å². The molecule has 0 heterocycles. The van der Waals surface area contributed by atoms with E-state index in [4.69, 9.17) is 11.3 Å². The van der Waals surface area contributed by atoms with E-state index >= 15 is 0 Å². The van der Waals surface area contributed by atoms with Gasteiger partial charge in [-0.15, -0.1) is 0 Å². The summed E-state index contributed by atoms with van der Waals surface area (Å²) in [6, 6.07) is 11.4. The molecule has 0 saturated carbocycles. The van der Waals surface area contributed by atoms with Crippen LogP contribution < -0.4 is 4.74 Å². The molecule has 2 rings (SSSR count). The van der Waals surface area contributed by atoms with Crippen molar-refractivity contribution in [3.05, 3.63) is 47.8 Å². The van der Waals surface area contributed by atoms with Crippen molar-refractivity contribution in [2.45, 2.75) is 0 Å². The SMILES string of the molecule is [C-]#[N+]c1ccc2cc(OC)ccc2c1. The van der Waals surface area contributed by atoms with Crippen LogP contribution in [0.4, 0.5) is 5.69 Å². The fourth-order valence-electron chi connectivity index (χ4n) is 1.41. The Kier molecular flexibility index (Phi) is 2.08. The summed E-state index contributed by atoms with van der Waals surface area (Å²) in [5.74, 6) is 0.841. The topological polar surface area (TPSA) is 13.6 Å². The minimum absolute atomic E-state index is 0.669. The molecule has 68 valence electrons. The van der Waals surface area contributed by atoms with Crippen molar-refractivity contribution in [2.75, 3.05) is 7.11 Å². The summed E-state index contributed by atoms with van der Waals surface area (Å²) in [5, 5.41) is 2.16.